The van der Waals surface area contributed by atoms with Gasteiger partial charge in [0, 0.05) is 10.2 Å². The molecular weight excluding hydrogens is 318 g/mol. The Morgan fingerprint density at radius 1 is 1.10 bits per heavy atom. The number of anilines is 1. The van der Waals surface area contributed by atoms with E-state index in [9.17, 15) is 4.79 Å². The van der Waals surface area contributed by atoms with Crippen molar-refractivity contribution in [3.05, 3.63) is 57.6 Å². The standard InChI is InChI=1S/C16H16BrNO2/c1-10-6-11(2)8-13(7-10)18-16(19)14-5-4-12(17)9-15(14)20-3/h4-9H,1-3H3,(H,18,19). The molecule has 0 heterocycles. The first-order valence-corrected chi connectivity index (χ1v) is 7.02. The minimum atomic E-state index is -0.181. The summed E-state index contributed by atoms with van der Waals surface area (Å²) < 4.78 is 6.11. The van der Waals surface area contributed by atoms with Crippen molar-refractivity contribution in [2.24, 2.45) is 0 Å². The maximum atomic E-state index is 12.3. The first-order valence-electron chi connectivity index (χ1n) is 6.23. The molecule has 4 heteroatoms. The molecule has 0 aromatic heterocycles. The average Bonchev–Trinajstić information content (AvgIpc) is 2.37. The Morgan fingerprint density at radius 3 is 2.35 bits per heavy atom. The molecular formula is C16H16BrNO2. The number of carbonyl (C=O) groups is 1. The lowest BCUT2D eigenvalue weighted by atomic mass is 10.1. The third-order valence-corrected chi connectivity index (χ3v) is 3.38. The molecule has 0 bridgehead atoms. The van der Waals surface area contributed by atoms with E-state index in [1.54, 1.807) is 19.2 Å². The molecule has 3 nitrogen and oxygen atoms in total. The molecule has 0 aliphatic carbocycles. The van der Waals surface area contributed by atoms with E-state index in [-0.39, 0.29) is 5.91 Å². The second-order valence-corrected chi connectivity index (χ2v) is 5.59. The number of rotatable bonds is 3. The highest BCUT2D eigenvalue weighted by Gasteiger charge is 2.13. The first kappa shape index (κ1) is 14.6. The molecule has 20 heavy (non-hydrogen) atoms. The molecule has 2 aromatic carbocycles. The molecule has 0 fully saturated rings. The van der Waals surface area contributed by atoms with Crippen LogP contribution in [0.2, 0.25) is 0 Å². The zero-order valence-corrected chi connectivity index (χ0v) is 13.2. The molecule has 0 spiro atoms. The van der Waals surface area contributed by atoms with Gasteiger partial charge in [-0.05, 0) is 55.3 Å². The van der Waals surface area contributed by atoms with Gasteiger partial charge in [0.25, 0.3) is 5.91 Å². The van der Waals surface area contributed by atoms with Crippen LogP contribution in [0.5, 0.6) is 5.75 Å². The smallest absolute Gasteiger partial charge is 0.259 e. The number of amides is 1. The average molecular weight is 334 g/mol. The van der Waals surface area contributed by atoms with Crippen molar-refractivity contribution in [1.29, 1.82) is 0 Å². The fourth-order valence-electron chi connectivity index (χ4n) is 2.10. The number of carbonyl (C=O) groups excluding carboxylic acids is 1. The lowest BCUT2D eigenvalue weighted by Gasteiger charge is -2.11. The summed E-state index contributed by atoms with van der Waals surface area (Å²) in [7, 11) is 1.55. The van der Waals surface area contributed by atoms with Gasteiger partial charge in [-0.15, -0.1) is 0 Å². The Bertz CT molecular complexity index is 633. The van der Waals surface area contributed by atoms with E-state index < -0.39 is 0 Å². The van der Waals surface area contributed by atoms with Crippen LogP contribution < -0.4 is 10.1 Å². The molecule has 1 N–H and O–H groups in total. The number of ether oxygens (including phenoxy) is 1. The fraction of sp³-hybridized carbons (Fsp3) is 0.188. The van der Waals surface area contributed by atoms with Crippen LogP contribution in [0.3, 0.4) is 0 Å². The first-order chi connectivity index (χ1) is 9.49. The van der Waals surface area contributed by atoms with Gasteiger partial charge in [0.1, 0.15) is 5.75 Å². The van der Waals surface area contributed by atoms with Gasteiger partial charge in [-0.2, -0.15) is 0 Å². The summed E-state index contributed by atoms with van der Waals surface area (Å²) in [6.07, 6.45) is 0. The topological polar surface area (TPSA) is 38.3 Å². The maximum Gasteiger partial charge on any atom is 0.259 e. The van der Waals surface area contributed by atoms with Gasteiger partial charge in [-0.3, -0.25) is 4.79 Å². The van der Waals surface area contributed by atoms with Gasteiger partial charge in [0.2, 0.25) is 0 Å². The summed E-state index contributed by atoms with van der Waals surface area (Å²) in [6, 6.07) is 11.3. The molecule has 104 valence electrons. The Labute approximate surface area is 127 Å². The molecule has 1 amide bonds. The van der Waals surface area contributed by atoms with Crippen molar-refractivity contribution in [3.8, 4) is 5.75 Å². The largest absolute Gasteiger partial charge is 0.496 e. The van der Waals surface area contributed by atoms with E-state index >= 15 is 0 Å². The molecule has 2 aromatic rings. The van der Waals surface area contributed by atoms with Crippen LogP contribution in [0, 0.1) is 13.8 Å². The maximum absolute atomic E-state index is 12.3. The summed E-state index contributed by atoms with van der Waals surface area (Å²) in [4.78, 5) is 12.3. The summed E-state index contributed by atoms with van der Waals surface area (Å²) >= 11 is 3.36. The Morgan fingerprint density at radius 2 is 1.75 bits per heavy atom. The highest BCUT2D eigenvalue weighted by atomic mass is 79.9. The molecule has 0 atom stereocenters. The Balaban J connectivity index is 2.28. The highest BCUT2D eigenvalue weighted by Crippen LogP contribution is 2.24. The number of halogens is 1. The number of benzene rings is 2. The van der Waals surface area contributed by atoms with E-state index in [1.165, 1.54) is 0 Å². The minimum Gasteiger partial charge on any atom is -0.496 e. The Kier molecular flexibility index (Phi) is 4.45. The molecule has 2 rings (SSSR count). The summed E-state index contributed by atoms with van der Waals surface area (Å²) in [5.41, 5.74) is 3.53. The minimum absolute atomic E-state index is 0.181. The molecule has 0 radical (unpaired) electrons. The zero-order chi connectivity index (χ0) is 14.7. The van der Waals surface area contributed by atoms with Crippen molar-refractivity contribution in [3.63, 3.8) is 0 Å². The van der Waals surface area contributed by atoms with Crippen LogP contribution in [0.1, 0.15) is 21.5 Å². The molecule has 0 unspecified atom stereocenters. The quantitative estimate of drug-likeness (QED) is 0.907. The van der Waals surface area contributed by atoms with Crippen LogP contribution in [-0.2, 0) is 0 Å². The normalized spacial score (nSPS) is 10.2. The lowest BCUT2D eigenvalue weighted by molar-refractivity contribution is 0.102. The summed E-state index contributed by atoms with van der Waals surface area (Å²) in [5.74, 6) is 0.362. The van der Waals surface area contributed by atoms with Gasteiger partial charge in [-0.1, -0.05) is 22.0 Å². The van der Waals surface area contributed by atoms with Crippen LogP contribution in [0.25, 0.3) is 0 Å². The van der Waals surface area contributed by atoms with Crippen molar-refractivity contribution in [2.75, 3.05) is 12.4 Å². The van der Waals surface area contributed by atoms with Crippen LogP contribution in [-0.4, -0.2) is 13.0 Å². The third-order valence-electron chi connectivity index (χ3n) is 2.89. The predicted molar refractivity (Wildman–Crippen MR) is 84.6 cm³/mol. The van der Waals surface area contributed by atoms with Gasteiger partial charge < -0.3 is 10.1 Å². The van der Waals surface area contributed by atoms with Crippen LogP contribution in [0.15, 0.2) is 40.9 Å². The van der Waals surface area contributed by atoms with E-state index in [1.807, 2.05) is 32.0 Å². The number of hydrogen-bond donors (Lipinski definition) is 1. The second kappa shape index (κ2) is 6.09. The van der Waals surface area contributed by atoms with Gasteiger partial charge in [0.05, 0.1) is 12.7 Å². The van der Waals surface area contributed by atoms with Gasteiger partial charge >= 0.3 is 0 Å². The van der Waals surface area contributed by atoms with Crippen molar-refractivity contribution < 1.29 is 9.53 Å². The third kappa shape index (κ3) is 3.39. The van der Waals surface area contributed by atoms with E-state index in [0.29, 0.717) is 11.3 Å². The highest BCUT2D eigenvalue weighted by molar-refractivity contribution is 9.10. The number of aryl methyl sites for hydroxylation is 2. The Hall–Kier alpha value is -1.81. The zero-order valence-electron chi connectivity index (χ0n) is 11.7. The van der Waals surface area contributed by atoms with E-state index in [2.05, 4.69) is 27.3 Å². The predicted octanol–water partition coefficient (Wildman–Crippen LogP) is 4.33. The number of methoxy groups -OCH3 is 1. The number of nitrogens with one attached hydrogen (secondary N) is 1. The van der Waals surface area contributed by atoms with Gasteiger partial charge in [-0.25, -0.2) is 0 Å². The van der Waals surface area contributed by atoms with Crippen molar-refractivity contribution in [1.82, 2.24) is 0 Å². The molecule has 0 aliphatic heterocycles. The molecule has 0 aliphatic rings. The van der Waals surface area contributed by atoms with Crippen LogP contribution in [0.4, 0.5) is 5.69 Å². The SMILES string of the molecule is COc1cc(Br)ccc1C(=O)Nc1cc(C)cc(C)c1. The second-order valence-electron chi connectivity index (χ2n) is 4.68. The van der Waals surface area contributed by atoms with Crippen molar-refractivity contribution >= 4 is 27.5 Å². The molecule has 0 saturated heterocycles. The van der Waals surface area contributed by atoms with Crippen molar-refractivity contribution in [2.45, 2.75) is 13.8 Å². The van der Waals surface area contributed by atoms with Gasteiger partial charge in [0.15, 0.2) is 0 Å². The number of hydrogen-bond acceptors (Lipinski definition) is 2. The fourth-order valence-corrected chi connectivity index (χ4v) is 2.44. The lowest BCUT2D eigenvalue weighted by Crippen LogP contribution is -2.13. The monoisotopic (exact) mass is 333 g/mol. The van der Waals surface area contributed by atoms with E-state index in [0.717, 1.165) is 21.3 Å². The summed E-state index contributed by atoms with van der Waals surface area (Å²) in [6.45, 7) is 4.01. The molecule has 0 saturated carbocycles. The summed E-state index contributed by atoms with van der Waals surface area (Å²) in [5, 5.41) is 2.90. The van der Waals surface area contributed by atoms with Crippen LogP contribution >= 0.6 is 15.9 Å². The van der Waals surface area contributed by atoms with E-state index in [4.69, 9.17) is 4.74 Å².